The van der Waals surface area contributed by atoms with Crippen molar-refractivity contribution in [3.63, 3.8) is 0 Å². The molecule has 3 rings (SSSR count). The van der Waals surface area contributed by atoms with E-state index in [2.05, 4.69) is 93.7 Å². The first-order chi connectivity index (χ1) is 9.72. The quantitative estimate of drug-likeness (QED) is 0.338. The summed E-state index contributed by atoms with van der Waals surface area (Å²) in [6.07, 6.45) is 5.47. The van der Waals surface area contributed by atoms with Gasteiger partial charge < -0.3 is 0 Å². The van der Waals surface area contributed by atoms with E-state index in [0.717, 1.165) is 9.84 Å². The van der Waals surface area contributed by atoms with Crippen LogP contribution >= 0.6 is 45.2 Å². The summed E-state index contributed by atoms with van der Waals surface area (Å²) in [5.41, 5.74) is 4.17. The molecule has 0 N–H and O–H groups in total. The highest BCUT2D eigenvalue weighted by molar-refractivity contribution is 14.1. The molecule has 0 aromatic heterocycles. The first-order valence-electron chi connectivity index (χ1n) is 7.22. The molecule has 0 nitrogen and oxygen atoms in total. The Morgan fingerprint density at radius 1 is 0.700 bits per heavy atom. The lowest BCUT2D eigenvalue weighted by Gasteiger charge is -2.25. The molecule has 0 spiro atoms. The van der Waals surface area contributed by atoms with Crippen molar-refractivity contribution in [1.29, 1.82) is 0 Å². The van der Waals surface area contributed by atoms with Gasteiger partial charge in [0.1, 0.15) is 0 Å². The highest BCUT2D eigenvalue weighted by Crippen LogP contribution is 2.36. The third-order valence-electron chi connectivity index (χ3n) is 4.22. The SMILES string of the molecule is Ic1ccc(-c2ccc(C3CCC(I)CC3)cc2)cc1. The lowest BCUT2D eigenvalue weighted by molar-refractivity contribution is 0.462. The molecule has 0 amide bonds. The topological polar surface area (TPSA) is 0 Å². The number of alkyl halides is 1. The van der Waals surface area contributed by atoms with Crippen LogP contribution in [0.15, 0.2) is 48.5 Å². The summed E-state index contributed by atoms with van der Waals surface area (Å²) in [5, 5.41) is 0. The van der Waals surface area contributed by atoms with Gasteiger partial charge in [0.15, 0.2) is 0 Å². The fourth-order valence-corrected chi connectivity index (χ4v) is 4.05. The zero-order valence-electron chi connectivity index (χ0n) is 11.4. The lowest BCUT2D eigenvalue weighted by atomic mass is 9.83. The molecule has 1 aliphatic carbocycles. The van der Waals surface area contributed by atoms with Gasteiger partial charge in [-0.05, 0) is 83.0 Å². The van der Waals surface area contributed by atoms with Crippen molar-refractivity contribution in [2.24, 2.45) is 0 Å². The molecule has 104 valence electrons. The number of halogens is 2. The van der Waals surface area contributed by atoms with Gasteiger partial charge in [0, 0.05) is 7.49 Å². The monoisotopic (exact) mass is 488 g/mol. The van der Waals surface area contributed by atoms with Gasteiger partial charge in [-0.3, -0.25) is 0 Å². The fourth-order valence-electron chi connectivity index (χ4n) is 2.98. The highest BCUT2D eigenvalue weighted by atomic mass is 127. The van der Waals surface area contributed by atoms with Crippen molar-refractivity contribution in [2.45, 2.75) is 35.5 Å². The second kappa shape index (κ2) is 6.77. The molecule has 2 aromatic rings. The predicted molar refractivity (Wildman–Crippen MR) is 104 cm³/mol. The van der Waals surface area contributed by atoms with Gasteiger partial charge in [-0.15, -0.1) is 0 Å². The Hall–Kier alpha value is -0.100. The minimum Gasteiger partial charge on any atom is -0.0826 e. The van der Waals surface area contributed by atoms with Crippen LogP contribution in [0.25, 0.3) is 11.1 Å². The van der Waals surface area contributed by atoms with Crippen LogP contribution in [0.3, 0.4) is 0 Å². The van der Waals surface area contributed by atoms with Gasteiger partial charge in [0.25, 0.3) is 0 Å². The van der Waals surface area contributed by atoms with E-state index in [1.807, 2.05) is 0 Å². The molecule has 0 unspecified atom stereocenters. The third-order valence-corrected chi connectivity index (χ3v) is 6.18. The summed E-state index contributed by atoms with van der Waals surface area (Å²) < 4.78 is 2.19. The molecule has 20 heavy (non-hydrogen) atoms. The molecule has 0 bridgehead atoms. The van der Waals surface area contributed by atoms with Crippen LogP contribution in [0.5, 0.6) is 0 Å². The molecule has 0 radical (unpaired) electrons. The smallest absolute Gasteiger partial charge is 0.0130 e. The van der Waals surface area contributed by atoms with E-state index in [0.29, 0.717) is 0 Å². The Kier molecular flexibility index (Phi) is 5.02. The average molecular weight is 488 g/mol. The summed E-state index contributed by atoms with van der Waals surface area (Å²) in [5.74, 6) is 0.784. The molecular formula is C18H18I2. The van der Waals surface area contributed by atoms with Gasteiger partial charge in [-0.1, -0.05) is 59.0 Å². The second-order valence-corrected chi connectivity index (χ2v) is 8.59. The molecule has 2 heteroatoms. The summed E-state index contributed by atoms with van der Waals surface area (Å²) in [7, 11) is 0. The van der Waals surface area contributed by atoms with Gasteiger partial charge in [0.2, 0.25) is 0 Å². The largest absolute Gasteiger partial charge is 0.0826 e. The summed E-state index contributed by atoms with van der Waals surface area (Å²) >= 11 is 4.95. The lowest BCUT2D eigenvalue weighted by Crippen LogP contribution is -2.12. The van der Waals surface area contributed by atoms with E-state index in [4.69, 9.17) is 0 Å². The van der Waals surface area contributed by atoms with Crippen LogP contribution in [-0.2, 0) is 0 Å². The Balaban J connectivity index is 1.76. The average Bonchev–Trinajstić information content (AvgIpc) is 2.49. The number of benzene rings is 2. The van der Waals surface area contributed by atoms with Crippen molar-refractivity contribution in [3.05, 3.63) is 57.7 Å². The highest BCUT2D eigenvalue weighted by Gasteiger charge is 2.20. The second-order valence-electron chi connectivity index (χ2n) is 5.58. The number of hydrogen-bond donors (Lipinski definition) is 0. The molecule has 0 atom stereocenters. The molecule has 1 fully saturated rings. The molecular weight excluding hydrogens is 470 g/mol. The third kappa shape index (κ3) is 3.56. The van der Waals surface area contributed by atoms with E-state index >= 15 is 0 Å². The molecule has 0 saturated heterocycles. The van der Waals surface area contributed by atoms with Crippen LogP contribution in [0.1, 0.15) is 37.2 Å². The van der Waals surface area contributed by atoms with Crippen LogP contribution in [0, 0.1) is 3.57 Å². The first-order valence-corrected chi connectivity index (χ1v) is 9.55. The predicted octanol–water partition coefficient (Wildman–Crippen LogP) is 6.42. The molecule has 2 aromatic carbocycles. The Morgan fingerprint density at radius 3 is 1.75 bits per heavy atom. The van der Waals surface area contributed by atoms with E-state index in [-0.39, 0.29) is 0 Å². The van der Waals surface area contributed by atoms with Gasteiger partial charge in [0.05, 0.1) is 0 Å². The van der Waals surface area contributed by atoms with Crippen molar-refractivity contribution in [3.8, 4) is 11.1 Å². The van der Waals surface area contributed by atoms with Crippen LogP contribution in [0.4, 0.5) is 0 Å². The maximum atomic E-state index is 2.60. The fraction of sp³-hybridized carbons (Fsp3) is 0.333. The standard InChI is InChI=1S/C18H18I2/c19-17-9-5-15(6-10-17)13-1-2-14(4-3-13)16-7-11-18(20)12-8-16/h1-6,9-10,16,18H,7-8,11-12H2. The van der Waals surface area contributed by atoms with E-state index in [1.165, 1.54) is 45.9 Å². The van der Waals surface area contributed by atoms with Crippen molar-refractivity contribution < 1.29 is 0 Å². The number of hydrogen-bond acceptors (Lipinski definition) is 0. The Labute approximate surface area is 148 Å². The molecule has 0 aliphatic heterocycles. The van der Waals surface area contributed by atoms with E-state index in [1.54, 1.807) is 0 Å². The Bertz CT molecular complexity index is 549. The zero-order chi connectivity index (χ0) is 13.9. The van der Waals surface area contributed by atoms with Crippen LogP contribution in [-0.4, -0.2) is 3.92 Å². The normalized spacial score (nSPS) is 22.7. The Morgan fingerprint density at radius 2 is 1.20 bits per heavy atom. The summed E-state index contributed by atoms with van der Waals surface area (Å²) in [6, 6.07) is 18.0. The maximum absolute atomic E-state index is 2.60. The van der Waals surface area contributed by atoms with Gasteiger partial charge in [-0.2, -0.15) is 0 Å². The zero-order valence-corrected chi connectivity index (χ0v) is 15.7. The van der Waals surface area contributed by atoms with Crippen molar-refractivity contribution in [2.75, 3.05) is 0 Å². The van der Waals surface area contributed by atoms with Crippen molar-refractivity contribution in [1.82, 2.24) is 0 Å². The van der Waals surface area contributed by atoms with E-state index in [9.17, 15) is 0 Å². The van der Waals surface area contributed by atoms with Crippen molar-refractivity contribution >= 4 is 45.2 Å². The van der Waals surface area contributed by atoms with Crippen LogP contribution in [0.2, 0.25) is 0 Å². The molecule has 1 saturated carbocycles. The summed E-state index contributed by atoms with van der Waals surface area (Å²) in [4.78, 5) is 0. The van der Waals surface area contributed by atoms with Crippen LogP contribution < -0.4 is 0 Å². The molecule has 1 aliphatic rings. The first kappa shape index (κ1) is 14.8. The molecule has 0 heterocycles. The number of rotatable bonds is 2. The van der Waals surface area contributed by atoms with Gasteiger partial charge in [-0.25, -0.2) is 0 Å². The maximum Gasteiger partial charge on any atom is 0.0130 e. The van der Waals surface area contributed by atoms with Gasteiger partial charge >= 0.3 is 0 Å². The summed E-state index contributed by atoms with van der Waals surface area (Å²) in [6.45, 7) is 0. The van der Waals surface area contributed by atoms with E-state index < -0.39 is 0 Å². The minimum atomic E-state index is 0.784. The minimum absolute atomic E-state index is 0.784.